The van der Waals surface area contributed by atoms with Crippen LogP contribution in [0.1, 0.15) is 35.1 Å². The van der Waals surface area contributed by atoms with Gasteiger partial charge < -0.3 is 0 Å². The summed E-state index contributed by atoms with van der Waals surface area (Å²) in [6.45, 7) is 6.21. The average molecular weight is 523 g/mol. The maximum atomic E-state index is 12.3. The summed E-state index contributed by atoms with van der Waals surface area (Å²) in [6.07, 6.45) is 2.68. The molecule has 4 aromatic heterocycles. The number of nitrogens with zero attached hydrogens (tertiary/aromatic N) is 4. The topological polar surface area (TPSA) is 51.6 Å². The van der Waals surface area contributed by atoms with Crippen molar-refractivity contribution in [1.29, 1.82) is 0 Å². The number of alkyl halides is 3. The Bertz CT molecular complexity index is 1720. The van der Waals surface area contributed by atoms with Crippen molar-refractivity contribution in [1.82, 2.24) is 19.9 Å². The molecule has 0 fully saturated rings. The van der Waals surface area contributed by atoms with E-state index in [-0.39, 0.29) is 14.8 Å². The van der Waals surface area contributed by atoms with Crippen LogP contribution in [0.3, 0.4) is 0 Å². The van der Waals surface area contributed by atoms with Gasteiger partial charge in [0.2, 0.25) is 0 Å². The number of hydrogen-bond acceptors (Lipinski definition) is 4. The molecular weight excluding hydrogens is 496 g/mol. The lowest BCUT2D eigenvalue weighted by Crippen LogP contribution is -2.07. The van der Waals surface area contributed by atoms with Crippen molar-refractivity contribution in [2.75, 3.05) is 0 Å². The van der Waals surface area contributed by atoms with E-state index in [1.807, 2.05) is 49.6 Å². The molecule has 0 aliphatic heterocycles. The molecule has 0 amide bonds. The van der Waals surface area contributed by atoms with Crippen LogP contribution in [0.25, 0.3) is 43.6 Å². The molecule has 0 bridgehead atoms. The summed E-state index contributed by atoms with van der Waals surface area (Å²) < 4.78 is 36.9. The van der Waals surface area contributed by atoms with E-state index in [9.17, 15) is 13.2 Å². The molecule has 3 radical (unpaired) electrons. The van der Waals surface area contributed by atoms with Crippen molar-refractivity contribution in [3.63, 3.8) is 0 Å². The second-order valence-electron chi connectivity index (χ2n) is 9.54. The molecule has 4 nitrogen and oxygen atoms in total. The number of hydrogen-bond donors (Lipinski definition) is 0. The third-order valence-corrected chi connectivity index (χ3v) is 6.89. The first-order valence-corrected chi connectivity index (χ1v) is 12.5. The first kappa shape index (κ1) is 28.0. The van der Waals surface area contributed by atoms with Crippen LogP contribution in [0.4, 0.5) is 13.2 Å². The molecule has 0 saturated carbocycles. The van der Waals surface area contributed by atoms with Crippen LogP contribution in [-0.4, -0.2) is 34.5 Å². The summed E-state index contributed by atoms with van der Waals surface area (Å²) in [5.41, 5.74) is 8.05. The summed E-state index contributed by atoms with van der Waals surface area (Å²) in [6, 6.07) is 16.0. The van der Waals surface area contributed by atoms with Crippen LogP contribution in [0, 0.1) is 20.8 Å². The Hall–Kier alpha value is -4.07. The first-order valence-electron chi connectivity index (χ1n) is 12.5. The quantitative estimate of drug-likeness (QED) is 0.174. The lowest BCUT2D eigenvalue weighted by Gasteiger charge is -2.10. The largest absolute Gasteiger partial charge is 0.389 e. The first-order chi connectivity index (χ1) is 18.2. The van der Waals surface area contributed by atoms with Gasteiger partial charge in [-0.3, -0.25) is 19.9 Å². The standard InChI is InChI=1S/C17H15F3N2.C14H12N2.B/c1-11-6-9-21-15-13(11)4-5-14-12(7-10-22-16(14)15)3-2-8-17(18,19)20;1-9-5-7-15-13-11(9)3-4-12-10(2)6-8-16-14(12)13;/h4-7,9-10H,2-3,8H2,1H3;3-8H,1-2H3;. The highest BCUT2D eigenvalue weighted by Crippen LogP contribution is 2.29. The number of halogens is 3. The fourth-order valence-corrected chi connectivity index (χ4v) is 4.82. The van der Waals surface area contributed by atoms with Gasteiger partial charge in [0.25, 0.3) is 0 Å². The summed E-state index contributed by atoms with van der Waals surface area (Å²) in [5.74, 6) is 0. The van der Waals surface area contributed by atoms with Gasteiger partial charge in [-0.05, 0) is 80.1 Å². The highest BCUT2D eigenvalue weighted by molar-refractivity contribution is 6.05. The van der Waals surface area contributed by atoms with Crippen LogP contribution in [0.2, 0.25) is 0 Å². The van der Waals surface area contributed by atoms with Crippen molar-refractivity contribution in [3.8, 4) is 0 Å². The molecular formula is C31H27BF3N4. The van der Waals surface area contributed by atoms with Crippen LogP contribution < -0.4 is 0 Å². The fourth-order valence-electron chi connectivity index (χ4n) is 4.82. The summed E-state index contributed by atoms with van der Waals surface area (Å²) in [5, 5.41) is 4.28. The molecule has 0 aliphatic rings. The number of pyridine rings is 4. The SMILES string of the molecule is Cc1ccnc2c1ccc1c(C)ccnc12.Cc1ccnc2c1ccc1c(CCCC(F)(F)F)ccnc12.[B]. The zero-order valence-electron chi connectivity index (χ0n) is 22.0. The second-order valence-corrected chi connectivity index (χ2v) is 9.54. The Morgan fingerprint density at radius 1 is 0.538 bits per heavy atom. The summed E-state index contributed by atoms with van der Waals surface area (Å²) >= 11 is 0. The highest BCUT2D eigenvalue weighted by atomic mass is 19.4. The lowest BCUT2D eigenvalue weighted by molar-refractivity contribution is -0.135. The fraction of sp³-hybridized carbons (Fsp3) is 0.226. The molecule has 195 valence electrons. The average Bonchev–Trinajstić information content (AvgIpc) is 2.89. The lowest BCUT2D eigenvalue weighted by atomic mass is 10.0. The van der Waals surface area contributed by atoms with E-state index in [1.54, 1.807) is 18.5 Å². The molecule has 0 spiro atoms. The van der Waals surface area contributed by atoms with Crippen molar-refractivity contribution < 1.29 is 13.2 Å². The van der Waals surface area contributed by atoms with Gasteiger partial charge in [-0.25, -0.2) is 0 Å². The van der Waals surface area contributed by atoms with E-state index in [0.29, 0.717) is 6.42 Å². The summed E-state index contributed by atoms with van der Waals surface area (Å²) in [4.78, 5) is 17.7. The predicted octanol–water partition coefficient (Wildman–Crippen LogP) is 8.00. The van der Waals surface area contributed by atoms with Crippen LogP contribution in [0.5, 0.6) is 0 Å². The van der Waals surface area contributed by atoms with Gasteiger partial charge >= 0.3 is 6.18 Å². The molecule has 39 heavy (non-hydrogen) atoms. The molecule has 0 atom stereocenters. The minimum atomic E-state index is -4.10. The smallest absolute Gasteiger partial charge is 0.254 e. The van der Waals surface area contributed by atoms with E-state index in [1.165, 1.54) is 21.9 Å². The van der Waals surface area contributed by atoms with E-state index in [2.05, 4.69) is 45.9 Å². The van der Waals surface area contributed by atoms with E-state index >= 15 is 0 Å². The molecule has 0 saturated heterocycles. The number of fused-ring (bicyclic) bond motifs is 6. The van der Waals surface area contributed by atoms with Gasteiger partial charge in [0, 0.05) is 61.2 Å². The Kier molecular flexibility index (Phi) is 8.14. The van der Waals surface area contributed by atoms with Gasteiger partial charge in [0.15, 0.2) is 0 Å². The molecule has 0 N–H and O–H groups in total. The summed E-state index contributed by atoms with van der Waals surface area (Å²) in [7, 11) is 0. The maximum Gasteiger partial charge on any atom is 0.389 e. The Morgan fingerprint density at radius 3 is 1.31 bits per heavy atom. The molecule has 6 aromatic rings. The van der Waals surface area contributed by atoms with Gasteiger partial charge in [-0.2, -0.15) is 13.2 Å². The highest BCUT2D eigenvalue weighted by Gasteiger charge is 2.26. The molecule has 0 aliphatic carbocycles. The van der Waals surface area contributed by atoms with Crippen molar-refractivity contribution in [2.45, 2.75) is 46.2 Å². The molecule has 0 unspecified atom stereocenters. The third kappa shape index (κ3) is 5.85. The monoisotopic (exact) mass is 523 g/mol. The van der Waals surface area contributed by atoms with Crippen molar-refractivity contribution in [2.24, 2.45) is 0 Å². The van der Waals surface area contributed by atoms with Gasteiger partial charge in [0.1, 0.15) is 0 Å². The molecule has 6 rings (SSSR count). The van der Waals surface area contributed by atoms with E-state index < -0.39 is 12.6 Å². The Morgan fingerprint density at radius 2 is 0.897 bits per heavy atom. The Labute approximate surface area is 226 Å². The van der Waals surface area contributed by atoms with Crippen molar-refractivity contribution in [3.05, 3.63) is 95.6 Å². The van der Waals surface area contributed by atoms with Gasteiger partial charge in [0.05, 0.1) is 22.1 Å². The maximum absolute atomic E-state index is 12.3. The normalized spacial score (nSPS) is 11.4. The van der Waals surface area contributed by atoms with Crippen LogP contribution >= 0.6 is 0 Å². The molecule has 8 heteroatoms. The molecule has 4 heterocycles. The number of aryl methyl sites for hydroxylation is 4. The third-order valence-electron chi connectivity index (χ3n) is 6.89. The zero-order valence-corrected chi connectivity index (χ0v) is 22.0. The zero-order chi connectivity index (χ0) is 26.9. The van der Waals surface area contributed by atoms with Crippen molar-refractivity contribution >= 4 is 52.0 Å². The second kappa shape index (κ2) is 11.4. The predicted molar refractivity (Wildman–Crippen MR) is 153 cm³/mol. The minimum Gasteiger partial charge on any atom is -0.254 e. The van der Waals surface area contributed by atoms with Crippen LogP contribution in [0.15, 0.2) is 73.3 Å². The molecule has 2 aromatic carbocycles. The van der Waals surface area contributed by atoms with Gasteiger partial charge in [-0.15, -0.1) is 0 Å². The number of rotatable bonds is 3. The number of aromatic nitrogens is 4. The van der Waals surface area contributed by atoms with Gasteiger partial charge in [-0.1, -0.05) is 24.3 Å². The van der Waals surface area contributed by atoms with E-state index in [4.69, 9.17) is 0 Å². The Balaban J connectivity index is 0.000000184. The van der Waals surface area contributed by atoms with Crippen LogP contribution in [-0.2, 0) is 6.42 Å². The number of benzene rings is 2. The van der Waals surface area contributed by atoms with E-state index in [0.717, 1.165) is 44.0 Å². The minimum absolute atomic E-state index is 0.